The van der Waals surface area contributed by atoms with E-state index in [1.807, 2.05) is 6.92 Å². The maximum Gasteiger partial charge on any atom is 0.391 e. The molecule has 100 valence electrons. The fourth-order valence-corrected chi connectivity index (χ4v) is 2.40. The average molecular weight is 250 g/mol. The second kappa shape index (κ2) is 5.40. The zero-order valence-corrected chi connectivity index (χ0v) is 10.2. The average Bonchev–Trinajstić information content (AvgIpc) is 2.25. The minimum Gasteiger partial charge on any atom is -0.329 e. The summed E-state index contributed by atoms with van der Waals surface area (Å²) in [6.07, 6.45) is -2.51. The predicted octanol–water partition coefficient (Wildman–Crippen LogP) is 2.60. The lowest BCUT2D eigenvalue weighted by Gasteiger charge is -2.41. The SMILES string of the molecule is C=C(C)CNC1(CN)CCCC(C(F)(F)F)C1. The van der Waals surface area contributed by atoms with E-state index in [1.165, 1.54) is 0 Å². The summed E-state index contributed by atoms with van der Waals surface area (Å²) in [4.78, 5) is 0. The van der Waals surface area contributed by atoms with E-state index in [-0.39, 0.29) is 19.4 Å². The van der Waals surface area contributed by atoms with Crippen LogP contribution >= 0.6 is 0 Å². The van der Waals surface area contributed by atoms with E-state index in [9.17, 15) is 13.2 Å². The molecule has 1 aliphatic rings. The molecule has 1 fully saturated rings. The Labute approximate surface area is 100 Å². The van der Waals surface area contributed by atoms with Gasteiger partial charge in [-0.2, -0.15) is 13.2 Å². The molecule has 0 aromatic carbocycles. The Kier molecular flexibility index (Phi) is 4.61. The highest BCUT2D eigenvalue weighted by atomic mass is 19.4. The summed E-state index contributed by atoms with van der Waals surface area (Å²) < 4.78 is 38.2. The minimum atomic E-state index is -4.11. The molecule has 0 spiro atoms. The molecule has 0 radical (unpaired) electrons. The van der Waals surface area contributed by atoms with E-state index in [2.05, 4.69) is 11.9 Å². The lowest BCUT2D eigenvalue weighted by atomic mass is 9.75. The van der Waals surface area contributed by atoms with Crippen molar-refractivity contribution in [3.8, 4) is 0 Å². The maximum atomic E-state index is 12.7. The molecule has 0 amide bonds. The van der Waals surface area contributed by atoms with Gasteiger partial charge in [0.05, 0.1) is 5.92 Å². The molecule has 0 heterocycles. The molecule has 1 rings (SSSR count). The van der Waals surface area contributed by atoms with Crippen LogP contribution in [0.2, 0.25) is 0 Å². The van der Waals surface area contributed by atoms with Gasteiger partial charge in [-0.15, -0.1) is 0 Å². The van der Waals surface area contributed by atoms with Crippen LogP contribution in [0.25, 0.3) is 0 Å². The third-order valence-corrected chi connectivity index (χ3v) is 3.46. The van der Waals surface area contributed by atoms with Crippen LogP contribution in [0.15, 0.2) is 12.2 Å². The highest BCUT2D eigenvalue weighted by Crippen LogP contribution is 2.41. The van der Waals surface area contributed by atoms with Crippen molar-refractivity contribution in [1.82, 2.24) is 5.32 Å². The molecular weight excluding hydrogens is 229 g/mol. The monoisotopic (exact) mass is 250 g/mol. The Morgan fingerprint density at radius 3 is 2.65 bits per heavy atom. The van der Waals surface area contributed by atoms with Crippen LogP contribution in [0.3, 0.4) is 0 Å². The summed E-state index contributed by atoms with van der Waals surface area (Å²) in [5.41, 5.74) is 6.01. The van der Waals surface area contributed by atoms with Gasteiger partial charge in [0.2, 0.25) is 0 Å². The Hall–Kier alpha value is -0.550. The summed E-state index contributed by atoms with van der Waals surface area (Å²) in [6.45, 7) is 6.37. The lowest BCUT2D eigenvalue weighted by Crippen LogP contribution is -2.55. The van der Waals surface area contributed by atoms with E-state index in [1.54, 1.807) is 0 Å². The van der Waals surface area contributed by atoms with E-state index >= 15 is 0 Å². The quantitative estimate of drug-likeness (QED) is 0.753. The number of halogens is 3. The van der Waals surface area contributed by atoms with Crippen LogP contribution in [0.1, 0.15) is 32.6 Å². The van der Waals surface area contributed by atoms with Crippen molar-refractivity contribution in [2.75, 3.05) is 13.1 Å². The normalized spacial score (nSPS) is 30.3. The Balaban J connectivity index is 2.68. The van der Waals surface area contributed by atoms with Gasteiger partial charge < -0.3 is 11.1 Å². The van der Waals surface area contributed by atoms with Crippen molar-refractivity contribution in [3.63, 3.8) is 0 Å². The highest BCUT2D eigenvalue weighted by Gasteiger charge is 2.46. The fraction of sp³-hybridized carbons (Fsp3) is 0.833. The molecular formula is C12H21F3N2. The Morgan fingerprint density at radius 1 is 1.53 bits per heavy atom. The van der Waals surface area contributed by atoms with Crippen molar-refractivity contribution in [1.29, 1.82) is 0 Å². The third kappa shape index (κ3) is 4.00. The smallest absolute Gasteiger partial charge is 0.329 e. The van der Waals surface area contributed by atoms with E-state index < -0.39 is 17.6 Å². The molecule has 2 atom stereocenters. The number of nitrogens with two attached hydrogens (primary N) is 1. The maximum absolute atomic E-state index is 12.7. The van der Waals surface area contributed by atoms with Gasteiger partial charge in [0.15, 0.2) is 0 Å². The second-order valence-electron chi connectivity index (χ2n) is 5.13. The first kappa shape index (κ1) is 14.5. The summed E-state index contributed by atoms with van der Waals surface area (Å²) in [6, 6.07) is 0. The zero-order chi connectivity index (χ0) is 13.1. The van der Waals surface area contributed by atoms with E-state index in [0.717, 1.165) is 5.57 Å². The summed E-state index contributed by atoms with van der Waals surface area (Å²) >= 11 is 0. The zero-order valence-electron chi connectivity index (χ0n) is 10.2. The van der Waals surface area contributed by atoms with Crippen molar-refractivity contribution >= 4 is 0 Å². The summed E-state index contributed by atoms with van der Waals surface area (Å²) in [5.74, 6) is -1.22. The second-order valence-corrected chi connectivity index (χ2v) is 5.13. The van der Waals surface area contributed by atoms with Crippen molar-refractivity contribution in [3.05, 3.63) is 12.2 Å². The van der Waals surface area contributed by atoms with Crippen molar-refractivity contribution in [2.24, 2.45) is 11.7 Å². The fourth-order valence-electron chi connectivity index (χ4n) is 2.40. The predicted molar refractivity (Wildman–Crippen MR) is 62.6 cm³/mol. The first-order chi connectivity index (χ1) is 7.79. The Morgan fingerprint density at radius 2 is 2.18 bits per heavy atom. The number of hydrogen-bond acceptors (Lipinski definition) is 2. The van der Waals surface area contributed by atoms with Crippen LogP contribution in [0.5, 0.6) is 0 Å². The molecule has 2 nitrogen and oxygen atoms in total. The molecule has 2 unspecified atom stereocenters. The van der Waals surface area contributed by atoms with Gasteiger partial charge in [-0.3, -0.25) is 0 Å². The van der Waals surface area contributed by atoms with Crippen LogP contribution < -0.4 is 11.1 Å². The molecule has 5 heteroatoms. The molecule has 0 bridgehead atoms. The molecule has 0 aromatic heterocycles. The molecule has 3 N–H and O–H groups in total. The summed E-state index contributed by atoms with van der Waals surface area (Å²) in [7, 11) is 0. The number of nitrogens with one attached hydrogen (secondary N) is 1. The van der Waals surface area contributed by atoms with Crippen LogP contribution in [-0.4, -0.2) is 24.8 Å². The van der Waals surface area contributed by atoms with Gasteiger partial charge in [0.25, 0.3) is 0 Å². The minimum absolute atomic E-state index is 0.0836. The molecule has 1 saturated carbocycles. The first-order valence-electron chi connectivity index (χ1n) is 5.95. The molecule has 0 aromatic rings. The molecule has 1 aliphatic carbocycles. The van der Waals surface area contributed by atoms with Crippen LogP contribution in [0, 0.1) is 5.92 Å². The van der Waals surface area contributed by atoms with Crippen molar-refractivity contribution < 1.29 is 13.2 Å². The topological polar surface area (TPSA) is 38.0 Å². The van der Waals surface area contributed by atoms with E-state index in [0.29, 0.717) is 19.4 Å². The number of alkyl halides is 3. The van der Waals surface area contributed by atoms with Gasteiger partial charge in [0.1, 0.15) is 0 Å². The third-order valence-electron chi connectivity index (χ3n) is 3.46. The number of hydrogen-bond donors (Lipinski definition) is 2. The first-order valence-corrected chi connectivity index (χ1v) is 5.95. The van der Waals surface area contributed by atoms with Gasteiger partial charge in [-0.25, -0.2) is 0 Å². The highest BCUT2D eigenvalue weighted by molar-refractivity contribution is 5.00. The van der Waals surface area contributed by atoms with Gasteiger partial charge in [-0.1, -0.05) is 18.6 Å². The standard InChI is InChI=1S/C12H21F3N2/c1-9(2)7-17-11(8-16)5-3-4-10(6-11)12(13,14)15/h10,17H,1,3-8,16H2,2H3. The van der Waals surface area contributed by atoms with Gasteiger partial charge in [-0.05, 0) is 26.2 Å². The number of rotatable bonds is 4. The molecule has 0 aliphatic heterocycles. The lowest BCUT2D eigenvalue weighted by molar-refractivity contribution is -0.188. The Bertz CT molecular complexity index is 275. The van der Waals surface area contributed by atoms with Crippen molar-refractivity contribution in [2.45, 2.75) is 44.3 Å². The molecule has 0 saturated heterocycles. The van der Waals surface area contributed by atoms with E-state index in [4.69, 9.17) is 5.73 Å². The largest absolute Gasteiger partial charge is 0.391 e. The van der Waals surface area contributed by atoms with Gasteiger partial charge in [0, 0.05) is 18.6 Å². The molecule has 17 heavy (non-hydrogen) atoms. The van der Waals surface area contributed by atoms with Gasteiger partial charge >= 0.3 is 6.18 Å². The van der Waals surface area contributed by atoms with Crippen LogP contribution in [-0.2, 0) is 0 Å². The van der Waals surface area contributed by atoms with Crippen LogP contribution in [0.4, 0.5) is 13.2 Å². The summed E-state index contributed by atoms with van der Waals surface area (Å²) in [5, 5.41) is 3.16.